The van der Waals surface area contributed by atoms with Gasteiger partial charge in [0.1, 0.15) is 5.82 Å². The summed E-state index contributed by atoms with van der Waals surface area (Å²) in [6, 6.07) is 3.90. The van der Waals surface area contributed by atoms with Crippen LogP contribution in [0.25, 0.3) is 0 Å². The summed E-state index contributed by atoms with van der Waals surface area (Å²) < 4.78 is 41.7. The van der Waals surface area contributed by atoms with E-state index in [1.54, 1.807) is 0 Å². The van der Waals surface area contributed by atoms with Crippen LogP contribution in [0, 0.1) is 11.2 Å². The van der Waals surface area contributed by atoms with Crippen molar-refractivity contribution in [2.75, 3.05) is 0 Å². The molecule has 1 saturated carbocycles. The third-order valence-electron chi connectivity index (χ3n) is 4.37. The van der Waals surface area contributed by atoms with Gasteiger partial charge in [0.25, 0.3) is 0 Å². The highest BCUT2D eigenvalue weighted by atomic mass is 32.2. The van der Waals surface area contributed by atoms with Gasteiger partial charge in [0.05, 0.1) is 4.90 Å². The van der Waals surface area contributed by atoms with E-state index in [1.165, 1.54) is 18.2 Å². The molecule has 0 heterocycles. The molecule has 21 heavy (non-hydrogen) atoms. The maximum Gasteiger partial charge on any atom is 0.241 e. The van der Waals surface area contributed by atoms with Crippen LogP contribution in [0.5, 0.6) is 0 Å². The number of hydrogen-bond acceptors (Lipinski definition) is 3. The average Bonchev–Trinajstić information content (AvgIpc) is 2.40. The molecule has 2 rings (SSSR count). The molecule has 0 bridgehead atoms. The van der Waals surface area contributed by atoms with E-state index >= 15 is 0 Å². The molecule has 0 amide bonds. The lowest BCUT2D eigenvalue weighted by atomic mass is 9.74. The Hall–Kier alpha value is -0.980. The largest absolute Gasteiger partial charge is 0.326 e. The molecule has 118 valence electrons. The standard InChI is InChI=1S/C15H23FN2O2S/c1-15(2)9-4-3-8-14(15)18-21(19,20)13-7-5-6-12(16)11(13)10-17/h5-7,14,18H,3-4,8-10,17H2,1-2H3. The minimum absolute atomic E-state index is 0.0404. The number of nitrogens with two attached hydrogens (primary N) is 1. The van der Waals surface area contributed by atoms with E-state index in [2.05, 4.69) is 18.6 Å². The molecule has 3 N–H and O–H groups in total. The van der Waals surface area contributed by atoms with Crippen molar-refractivity contribution in [2.45, 2.75) is 57.0 Å². The van der Waals surface area contributed by atoms with E-state index in [1.807, 2.05) is 0 Å². The van der Waals surface area contributed by atoms with E-state index in [-0.39, 0.29) is 28.5 Å². The molecule has 0 radical (unpaired) electrons. The summed E-state index contributed by atoms with van der Waals surface area (Å²) in [5, 5.41) is 0. The molecule has 6 heteroatoms. The van der Waals surface area contributed by atoms with E-state index in [4.69, 9.17) is 5.73 Å². The van der Waals surface area contributed by atoms with Crippen molar-refractivity contribution in [2.24, 2.45) is 11.1 Å². The summed E-state index contributed by atoms with van der Waals surface area (Å²) in [6.07, 6.45) is 3.90. The summed E-state index contributed by atoms with van der Waals surface area (Å²) in [4.78, 5) is -0.0497. The Bertz CT molecular complexity index is 614. The van der Waals surface area contributed by atoms with Crippen LogP contribution in [-0.4, -0.2) is 14.5 Å². The zero-order chi connectivity index (χ0) is 15.7. The summed E-state index contributed by atoms with van der Waals surface area (Å²) in [5.41, 5.74) is 5.45. The van der Waals surface area contributed by atoms with Gasteiger partial charge in [-0.1, -0.05) is 32.8 Å². The zero-order valence-corrected chi connectivity index (χ0v) is 13.3. The Morgan fingerprint density at radius 3 is 2.71 bits per heavy atom. The molecule has 1 fully saturated rings. The zero-order valence-electron chi connectivity index (χ0n) is 12.5. The van der Waals surface area contributed by atoms with Gasteiger partial charge in [-0.25, -0.2) is 17.5 Å². The minimum atomic E-state index is -3.77. The molecule has 1 aromatic rings. The van der Waals surface area contributed by atoms with Crippen molar-refractivity contribution >= 4 is 10.0 Å². The maximum absolute atomic E-state index is 13.7. The first-order chi connectivity index (χ1) is 9.78. The molecule has 0 saturated heterocycles. The quantitative estimate of drug-likeness (QED) is 0.897. The van der Waals surface area contributed by atoms with E-state index in [0.717, 1.165) is 25.7 Å². The van der Waals surface area contributed by atoms with Crippen molar-refractivity contribution in [3.63, 3.8) is 0 Å². The maximum atomic E-state index is 13.7. The Morgan fingerprint density at radius 2 is 2.10 bits per heavy atom. The van der Waals surface area contributed by atoms with Crippen molar-refractivity contribution in [1.29, 1.82) is 0 Å². The molecule has 0 aromatic heterocycles. The molecule has 0 spiro atoms. The van der Waals surface area contributed by atoms with Gasteiger partial charge in [-0.2, -0.15) is 0 Å². The van der Waals surface area contributed by atoms with Crippen LogP contribution in [0.4, 0.5) is 4.39 Å². The molecule has 1 aliphatic carbocycles. The van der Waals surface area contributed by atoms with Gasteiger partial charge in [-0.05, 0) is 30.4 Å². The van der Waals surface area contributed by atoms with Gasteiger partial charge < -0.3 is 5.73 Å². The predicted molar refractivity (Wildman–Crippen MR) is 80.6 cm³/mol. The Labute approximate surface area is 126 Å². The lowest BCUT2D eigenvalue weighted by molar-refractivity contribution is 0.188. The molecule has 0 aliphatic heterocycles. The third kappa shape index (κ3) is 3.44. The third-order valence-corrected chi connectivity index (χ3v) is 5.93. The molecule has 1 unspecified atom stereocenters. The van der Waals surface area contributed by atoms with E-state index < -0.39 is 15.8 Å². The lowest BCUT2D eigenvalue weighted by Gasteiger charge is -2.38. The Balaban J connectivity index is 2.33. The fraction of sp³-hybridized carbons (Fsp3) is 0.600. The van der Waals surface area contributed by atoms with Crippen LogP contribution >= 0.6 is 0 Å². The molecule has 1 aliphatic rings. The number of hydrogen-bond donors (Lipinski definition) is 2. The minimum Gasteiger partial charge on any atom is -0.326 e. The van der Waals surface area contributed by atoms with Gasteiger partial charge >= 0.3 is 0 Å². The van der Waals surface area contributed by atoms with Crippen LogP contribution in [-0.2, 0) is 16.6 Å². The van der Waals surface area contributed by atoms with Gasteiger partial charge in [0, 0.05) is 18.2 Å². The highest BCUT2D eigenvalue weighted by Gasteiger charge is 2.35. The number of halogens is 1. The summed E-state index contributed by atoms with van der Waals surface area (Å²) in [5.74, 6) is -0.580. The summed E-state index contributed by atoms with van der Waals surface area (Å²) in [6.45, 7) is 3.99. The Kier molecular flexibility index (Phi) is 4.70. The van der Waals surface area contributed by atoms with Gasteiger partial charge in [-0.3, -0.25) is 0 Å². The monoisotopic (exact) mass is 314 g/mol. The fourth-order valence-corrected chi connectivity index (χ4v) is 4.65. The van der Waals surface area contributed by atoms with Crippen LogP contribution in [0.1, 0.15) is 45.1 Å². The Morgan fingerprint density at radius 1 is 1.38 bits per heavy atom. The predicted octanol–water partition coefficient (Wildman–Crippen LogP) is 2.53. The number of rotatable bonds is 4. The van der Waals surface area contributed by atoms with Crippen LogP contribution in [0.2, 0.25) is 0 Å². The second-order valence-corrected chi connectivity index (χ2v) is 8.01. The molecular weight excluding hydrogens is 291 g/mol. The first-order valence-electron chi connectivity index (χ1n) is 7.28. The smallest absolute Gasteiger partial charge is 0.241 e. The lowest BCUT2D eigenvalue weighted by Crippen LogP contribution is -2.46. The van der Waals surface area contributed by atoms with E-state index in [9.17, 15) is 12.8 Å². The first-order valence-corrected chi connectivity index (χ1v) is 8.76. The first kappa shape index (κ1) is 16.4. The molecule has 1 aromatic carbocycles. The molecular formula is C15H23FN2O2S. The van der Waals surface area contributed by atoms with Crippen LogP contribution < -0.4 is 10.5 Å². The summed E-state index contributed by atoms with van der Waals surface area (Å²) >= 11 is 0. The van der Waals surface area contributed by atoms with Crippen molar-refractivity contribution in [3.8, 4) is 0 Å². The van der Waals surface area contributed by atoms with Crippen molar-refractivity contribution < 1.29 is 12.8 Å². The highest BCUT2D eigenvalue weighted by Crippen LogP contribution is 2.36. The average molecular weight is 314 g/mol. The second-order valence-electron chi connectivity index (χ2n) is 6.33. The molecule has 4 nitrogen and oxygen atoms in total. The fourth-order valence-electron chi connectivity index (χ4n) is 2.95. The van der Waals surface area contributed by atoms with Crippen molar-refractivity contribution in [3.05, 3.63) is 29.6 Å². The van der Waals surface area contributed by atoms with Crippen LogP contribution in [0.3, 0.4) is 0 Å². The topological polar surface area (TPSA) is 72.2 Å². The SMILES string of the molecule is CC1(C)CCCCC1NS(=O)(=O)c1cccc(F)c1CN. The van der Waals surface area contributed by atoms with Gasteiger partial charge in [0.2, 0.25) is 10.0 Å². The normalized spacial score (nSPS) is 22.2. The van der Waals surface area contributed by atoms with Crippen molar-refractivity contribution in [1.82, 2.24) is 4.72 Å². The highest BCUT2D eigenvalue weighted by molar-refractivity contribution is 7.89. The number of sulfonamides is 1. The van der Waals surface area contributed by atoms with Gasteiger partial charge in [-0.15, -0.1) is 0 Å². The number of benzene rings is 1. The molecule has 1 atom stereocenters. The second kappa shape index (κ2) is 6.02. The van der Waals surface area contributed by atoms with Gasteiger partial charge in [0.15, 0.2) is 0 Å². The van der Waals surface area contributed by atoms with E-state index in [0.29, 0.717) is 0 Å². The van der Waals surface area contributed by atoms with Crippen LogP contribution in [0.15, 0.2) is 23.1 Å². The summed E-state index contributed by atoms with van der Waals surface area (Å²) in [7, 11) is -3.77. The number of nitrogens with one attached hydrogen (secondary N) is 1.